The summed E-state index contributed by atoms with van der Waals surface area (Å²) in [5.74, 6) is 0.663. The van der Waals surface area contributed by atoms with Gasteiger partial charge >= 0.3 is 0 Å². The van der Waals surface area contributed by atoms with E-state index in [-0.39, 0.29) is 5.91 Å². The number of carbonyl (C=O) groups excluding carboxylic acids is 1. The lowest BCUT2D eigenvalue weighted by atomic mass is 9.90. The van der Waals surface area contributed by atoms with Crippen LogP contribution in [0.5, 0.6) is 0 Å². The molecule has 1 fully saturated rings. The van der Waals surface area contributed by atoms with Crippen LogP contribution in [-0.4, -0.2) is 39.9 Å². The van der Waals surface area contributed by atoms with Crippen LogP contribution < -0.4 is 11.1 Å². The van der Waals surface area contributed by atoms with Gasteiger partial charge < -0.3 is 11.1 Å². The fourth-order valence-electron chi connectivity index (χ4n) is 5.13. The van der Waals surface area contributed by atoms with Gasteiger partial charge in [0, 0.05) is 29.1 Å². The summed E-state index contributed by atoms with van der Waals surface area (Å²) >= 11 is 1.84. The molecule has 162 valence electrons. The molecule has 2 heterocycles. The fourth-order valence-corrected chi connectivity index (χ4v) is 6.36. The number of hydrogen-bond acceptors (Lipinski definition) is 6. The Bertz CT molecular complexity index is 1100. The molecule has 1 amide bonds. The highest BCUT2D eigenvalue weighted by Crippen LogP contribution is 2.39. The number of nitrogens with one attached hydrogen (secondary N) is 1. The monoisotopic (exact) mass is 435 g/mol. The number of aryl methyl sites for hydroxylation is 2. The molecule has 1 saturated carbocycles. The van der Waals surface area contributed by atoms with Gasteiger partial charge in [-0.05, 0) is 75.3 Å². The van der Waals surface area contributed by atoms with Crippen molar-refractivity contribution in [2.75, 3.05) is 12.4 Å². The summed E-state index contributed by atoms with van der Waals surface area (Å²) in [6, 6.07) is 8.66. The third kappa shape index (κ3) is 4.16. The smallest absolute Gasteiger partial charge is 0.248 e. The first-order valence-electron chi connectivity index (χ1n) is 11.2. The molecule has 2 aliphatic carbocycles. The molecule has 0 radical (unpaired) electrons. The van der Waals surface area contributed by atoms with Crippen molar-refractivity contribution in [1.29, 1.82) is 0 Å². The van der Waals surface area contributed by atoms with Crippen LogP contribution in [0.1, 0.15) is 58.5 Å². The number of anilines is 1. The van der Waals surface area contributed by atoms with E-state index in [9.17, 15) is 4.79 Å². The zero-order chi connectivity index (χ0) is 21.4. The van der Waals surface area contributed by atoms with E-state index >= 15 is 0 Å². The number of hydrogen-bond donors (Lipinski definition) is 2. The van der Waals surface area contributed by atoms with Crippen molar-refractivity contribution < 1.29 is 4.79 Å². The Labute approximate surface area is 186 Å². The highest BCUT2D eigenvalue weighted by molar-refractivity contribution is 7.19. The Hall–Kier alpha value is -2.51. The van der Waals surface area contributed by atoms with Crippen molar-refractivity contribution in [3.8, 4) is 0 Å². The summed E-state index contributed by atoms with van der Waals surface area (Å²) in [7, 11) is 2.18. The lowest BCUT2D eigenvalue weighted by Gasteiger charge is -2.35. The second kappa shape index (κ2) is 8.55. The lowest BCUT2D eigenvalue weighted by molar-refractivity contribution is 0.1000. The van der Waals surface area contributed by atoms with E-state index < -0.39 is 0 Å². The minimum Gasteiger partial charge on any atom is -0.367 e. The highest BCUT2D eigenvalue weighted by atomic mass is 32.1. The first-order chi connectivity index (χ1) is 15.1. The standard InChI is InChI=1S/C24H29N5OS/c1-29(13-15-4-2-5-16(12-15)22(25)30)18-10-8-17(9-11-18)28-23-21-19-6-3-7-20(19)31-24(21)27-14-26-23/h2,4-5,12,14,17-18H,3,6-11,13H2,1H3,(H2,25,30)(H,26,27,28)/t17-,18-. The quantitative estimate of drug-likeness (QED) is 0.608. The predicted molar refractivity (Wildman–Crippen MR) is 126 cm³/mol. The maximum Gasteiger partial charge on any atom is 0.248 e. The van der Waals surface area contributed by atoms with Gasteiger partial charge in [0.05, 0.1) is 5.39 Å². The molecule has 1 aromatic carbocycles. The summed E-state index contributed by atoms with van der Waals surface area (Å²) in [5.41, 5.74) is 8.62. The summed E-state index contributed by atoms with van der Waals surface area (Å²) < 4.78 is 0. The van der Waals surface area contributed by atoms with E-state index in [4.69, 9.17) is 5.73 Å². The zero-order valence-corrected chi connectivity index (χ0v) is 18.8. The molecule has 0 saturated heterocycles. The molecule has 2 aliphatic rings. The van der Waals surface area contributed by atoms with Gasteiger partial charge in [-0.3, -0.25) is 9.69 Å². The van der Waals surface area contributed by atoms with E-state index in [0.717, 1.165) is 54.9 Å². The Morgan fingerprint density at radius 1 is 1.23 bits per heavy atom. The third-order valence-electron chi connectivity index (χ3n) is 6.81. The van der Waals surface area contributed by atoms with Crippen molar-refractivity contribution in [2.24, 2.45) is 5.73 Å². The second-order valence-electron chi connectivity index (χ2n) is 8.89. The van der Waals surface area contributed by atoms with E-state index in [1.165, 1.54) is 28.7 Å². The number of nitrogens with zero attached hydrogens (tertiary/aromatic N) is 3. The Morgan fingerprint density at radius 3 is 2.87 bits per heavy atom. The first kappa shape index (κ1) is 20.4. The fraction of sp³-hybridized carbons (Fsp3) is 0.458. The molecule has 7 heteroatoms. The Morgan fingerprint density at radius 2 is 2.06 bits per heavy atom. The molecule has 0 spiro atoms. The maximum absolute atomic E-state index is 11.4. The molecule has 31 heavy (non-hydrogen) atoms. The van der Waals surface area contributed by atoms with Gasteiger partial charge in [-0.15, -0.1) is 11.3 Å². The number of nitrogens with two attached hydrogens (primary N) is 1. The summed E-state index contributed by atoms with van der Waals surface area (Å²) in [5, 5.41) is 5.03. The summed E-state index contributed by atoms with van der Waals surface area (Å²) in [6.07, 6.45) is 9.88. The largest absolute Gasteiger partial charge is 0.367 e. The van der Waals surface area contributed by atoms with Gasteiger partial charge in [-0.2, -0.15) is 0 Å². The topological polar surface area (TPSA) is 84.1 Å². The zero-order valence-electron chi connectivity index (χ0n) is 17.9. The summed E-state index contributed by atoms with van der Waals surface area (Å²) in [4.78, 5) is 25.6. The van der Waals surface area contributed by atoms with E-state index in [1.54, 1.807) is 12.4 Å². The number of rotatable bonds is 6. The lowest BCUT2D eigenvalue weighted by Crippen LogP contribution is -2.38. The Balaban J connectivity index is 1.21. The van der Waals surface area contributed by atoms with E-state index in [1.807, 2.05) is 23.5 Å². The van der Waals surface area contributed by atoms with Gasteiger partial charge in [0.15, 0.2) is 0 Å². The van der Waals surface area contributed by atoms with Gasteiger partial charge in [0.1, 0.15) is 17.0 Å². The Kier molecular flexibility index (Phi) is 5.63. The molecule has 3 N–H and O–H groups in total. The number of aromatic nitrogens is 2. The first-order valence-corrected chi connectivity index (χ1v) is 12.0. The number of carbonyl (C=O) groups is 1. The van der Waals surface area contributed by atoms with E-state index in [2.05, 4.69) is 33.3 Å². The van der Waals surface area contributed by atoms with Gasteiger partial charge in [0.2, 0.25) is 5.91 Å². The molecule has 0 unspecified atom stereocenters. The predicted octanol–water partition coefficient (Wildman–Crippen LogP) is 4.13. The third-order valence-corrected chi connectivity index (χ3v) is 8.01. The average Bonchev–Trinajstić information content (AvgIpc) is 3.36. The van der Waals surface area contributed by atoms with Crippen LogP contribution in [0.25, 0.3) is 10.2 Å². The molecule has 0 atom stereocenters. The van der Waals surface area contributed by atoms with Crippen LogP contribution in [0.15, 0.2) is 30.6 Å². The molecular formula is C24H29N5OS. The van der Waals surface area contributed by atoms with Crippen LogP contribution in [0.4, 0.5) is 5.82 Å². The minimum absolute atomic E-state index is 0.369. The number of amides is 1. The van der Waals surface area contributed by atoms with Gasteiger partial charge in [-0.25, -0.2) is 9.97 Å². The number of primary amides is 1. The van der Waals surface area contributed by atoms with Crippen LogP contribution >= 0.6 is 11.3 Å². The van der Waals surface area contributed by atoms with Crippen LogP contribution in [-0.2, 0) is 19.4 Å². The van der Waals surface area contributed by atoms with Crippen LogP contribution in [0.3, 0.4) is 0 Å². The second-order valence-corrected chi connectivity index (χ2v) is 9.97. The maximum atomic E-state index is 11.4. The van der Waals surface area contributed by atoms with E-state index in [0.29, 0.717) is 17.6 Å². The van der Waals surface area contributed by atoms with Gasteiger partial charge in [-0.1, -0.05) is 12.1 Å². The molecule has 3 aromatic rings. The van der Waals surface area contributed by atoms with Crippen molar-refractivity contribution in [1.82, 2.24) is 14.9 Å². The van der Waals surface area contributed by atoms with Crippen LogP contribution in [0.2, 0.25) is 0 Å². The number of thiophene rings is 1. The minimum atomic E-state index is -0.369. The summed E-state index contributed by atoms with van der Waals surface area (Å²) in [6.45, 7) is 0.831. The normalized spacial score (nSPS) is 20.8. The molecular weight excluding hydrogens is 406 g/mol. The van der Waals surface area contributed by atoms with Crippen molar-refractivity contribution in [3.63, 3.8) is 0 Å². The molecule has 5 rings (SSSR count). The molecule has 2 aromatic heterocycles. The van der Waals surface area contributed by atoms with Crippen molar-refractivity contribution in [2.45, 2.75) is 63.6 Å². The van der Waals surface area contributed by atoms with Crippen LogP contribution in [0, 0.1) is 0 Å². The average molecular weight is 436 g/mol. The molecule has 0 aliphatic heterocycles. The number of benzene rings is 1. The van der Waals surface area contributed by atoms with Crippen molar-refractivity contribution in [3.05, 3.63) is 52.2 Å². The van der Waals surface area contributed by atoms with Crippen molar-refractivity contribution >= 4 is 33.3 Å². The van der Waals surface area contributed by atoms with Gasteiger partial charge in [0.25, 0.3) is 0 Å². The highest BCUT2D eigenvalue weighted by Gasteiger charge is 2.26. The molecule has 0 bridgehead atoms. The number of fused-ring (bicyclic) bond motifs is 3. The SMILES string of the molecule is CN(Cc1cccc(C(N)=O)c1)[C@H]1CC[C@H](Nc2ncnc3sc4c(c23)CCC4)CC1. The molecule has 6 nitrogen and oxygen atoms in total.